The predicted octanol–water partition coefficient (Wildman–Crippen LogP) is 2.88. The number of esters is 1. The van der Waals surface area contributed by atoms with E-state index in [0.717, 1.165) is 37.1 Å². The molecule has 0 saturated heterocycles. The SMILES string of the molecule is Cc1ccnn1-c1ccc(C(=O)O[C@@H](C)C(=O)NC(=O)NC2CCCCC2)cc1. The summed E-state index contributed by atoms with van der Waals surface area (Å²) in [5.41, 5.74) is 2.09. The van der Waals surface area contributed by atoms with Crippen molar-refractivity contribution in [1.29, 1.82) is 0 Å². The number of imide groups is 1. The Balaban J connectivity index is 1.50. The Kier molecular flexibility index (Phi) is 6.64. The average molecular weight is 398 g/mol. The fourth-order valence-electron chi connectivity index (χ4n) is 3.34. The minimum absolute atomic E-state index is 0.0892. The molecule has 1 saturated carbocycles. The quantitative estimate of drug-likeness (QED) is 0.754. The van der Waals surface area contributed by atoms with Crippen molar-refractivity contribution in [3.8, 4) is 5.69 Å². The van der Waals surface area contributed by atoms with Crippen LogP contribution in [-0.2, 0) is 9.53 Å². The van der Waals surface area contributed by atoms with Gasteiger partial charge in [0.25, 0.3) is 5.91 Å². The maximum absolute atomic E-state index is 12.3. The molecule has 1 aliphatic carbocycles. The van der Waals surface area contributed by atoms with Gasteiger partial charge < -0.3 is 10.1 Å². The third kappa shape index (κ3) is 5.43. The monoisotopic (exact) mass is 398 g/mol. The predicted molar refractivity (Wildman–Crippen MR) is 107 cm³/mol. The van der Waals surface area contributed by atoms with Gasteiger partial charge in [0.2, 0.25) is 0 Å². The van der Waals surface area contributed by atoms with Crippen LogP contribution in [0.3, 0.4) is 0 Å². The van der Waals surface area contributed by atoms with Gasteiger partial charge in [-0.2, -0.15) is 5.10 Å². The molecule has 29 heavy (non-hydrogen) atoms. The van der Waals surface area contributed by atoms with E-state index in [1.54, 1.807) is 35.1 Å². The normalized spacial score (nSPS) is 15.4. The van der Waals surface area contributed by atoms with E-state index in [9.17, 15) is 14.4 Å². The van der Waals surface area contributed by atoms with Gasteiger partial charge in [0.15, 0.2) is 6.10 Å². The van der Waals surface area contributed by atoms with Crippen LogP contribution < -0.4 is 10.6 Å². The second-order valence-electron chi connectivity index (χ2n) is 7.28. The van der Waals surface area contributed by atoms with E-state index in [2.05, 4.69) is 15.7 Å². The van der Waals surface area contributed by atoms with E-state index in [1.807, 2.05) is 13.0 Å². The van der Waals surface area contributed by atoms with E-state index < -0.39 is 24.0 Å². The van der Waals surface area contributed by atoms with Crippen LogP contribution in [0.1, 0.15) is 55.1 Å². The highest BCUT2D eigenvalue weighted by atomic mass is 16.5. The molecular formula is C21H26N4O4. The number of carbonyl (C=O) groups is 3. The summed E-state index contributed by atoms with van der Waals surface area (Å²) in [6.45, 7) is 3.36. The Morgan fingerprint density at radius 3 is 2.41 bits per heavy atom. The topological polar surface area (TPSA) is 102 Å². The van der Waals surface area contributed by atoms with Crippen molar-refractivity contribution >= 4 is 17.9 Å². The maximum Gasteiger partial charge on any atom is 0.338 e. The number of aromatic nitrogens is 2. The standard InChI is InChI=1S/C21H26N4O4/c1-14-12-13-22-25(14)18-10-8-16(9-11-18)20(27)29-15(2)19(26)24-21(28)23-17-6-4-3-5-7-17/h8-13,15,17H,3-7H2,1-2H3,(H2,23,24,26,28)/t15-/m0/s1. The van der Waals surface area contributed by atoms with Crippen LogP contribution in [-0.4, -0.2) is 39.8 Å². The molecule has 2 N–H and O–H groups in total. The van der Waals surface area contributed by atoms with Gasteiger partial charge in [-0.25, -0.2) is 14.3 Å². The fourth-order valence-corrected chi connectivity index (χ4v) is 3.34. The van der Waals surface area contributed by atoms with Gasteiger partial charge in [-0.05, 0) is 57.0 Å². The summed E-state index contributed by atoms with van der Waals surface area (Å²) in [5.74, 6) is -1.29. The van der Waals surface area contributed by atoms with Gasteiger partial charge >= 0.3 is 12.0 Å². The molecule has 1 aromatic heterocycles. The van der Waals surface area contributed by atoms with Gasteiger partial charge in [-0.1, -0.05) is 19.3 Å². The molecule has 2 aromatic rings. The molecule has 154 valence electrons. The lowest BCUT2D eigenvalue weighted by Gasteiger charge is -2.23. The van der Waals surface area contributed by atoms with E-state index >= 15 is 0 Å². The molecule has 0 radical (unpaired) electrons. The van der Waals surface area contributed by atoms with Crippen LogP contribution in [0, 0.1) is 6.92 Å². The minimum atomic E-state index is -1.09. The maximum atomic E-state index is 12.3. The van der Waals surface area contributed by atoms with E-state index in [-0.39, 0.29) is 6.04 Å². The minimum Gasteiger partial charge on any atom is -0.449 e. The van der Waals surface area contributed by atoms with Crippen LogP contribution in [0.4, 0.5) is 4.79 Å². The van der Waals surface area contributed by atoms with Crippen molar-refractivity contribution in [2.24, 2.45) is 0 Å². The second-order valence-corrected chi connectivity index (χ2v) is 7.28. The van der Waals surface area contributed by atoms with Crippen molar-refractivity contribution in [2.75, 3.05) is 0 Å². The number of benzene rings is 1. The molecule has 1 aromatic carbocycles. The largest absolute Gasteiger partial charge is 0.449 e. The average Bonchev–Trinajstić information content (AvgIpc) is 3.14. The Morgan fingerprint density at radius 2 is 1.79 bits per heavy atom. The molecule has 8 heteroatoms. The molecule has 3 rings (SSSR count). The zero-order chi connectivity index (χ0) is 20.8. The molecule has 1 aliphatic rings. The highest BCUT2D eigenvalue weighted by Crippen LogP contribution is 2.17. The number of nitrogens with one attached hydrogen (secondary N) is 2. The van der Waals surface area contributed by atoms with Crippen LogP contribution >= 0.6 is 0 Å². The van der Waals surface area contributed by atoms with Gasteiger partial charge in [-0.3, -0.25) is 10.1 Å². The number of ether oxygens (including phenoxy) is 1. The summed E-state index contributed by atoms with van der Waals surface area (Å²) in [6, 6.07) is 8.14. The molecule has 0 aliphatic heterocycles. The summed E-state index contributed by atoms with van der Waals surface area (Å²) >= 11 is 0. The van der Waals surface area contributed by atoms with Crippen LogP contribution in [0.2, 0.25) is 0 Å². The van der Waals surface area contributed by atoms with Crippen molar-refractivity contribution in [3.63, 3.8) is 0 Å². The number of carbonyl (C=O) groups excluding carboxylic acids is 3. The van der Waals surface area contributed by atoms with Crippen molar-refractivity contribution in [2.45, 2.75) is 58.1 Å². The molecule has 1 fully saturated rings. The number of amides is 3. The molecule has 1 atom stereocenters. The Morgan fingerprint density at radius 1 is 1.10 bits per heavy atom. The Hall–Kier alpha value is -3.16. The van der Waals surface area contributed by atoms with E-state index in [1.165, 1.54) is 13.3 Å². The van der Waals surface area contributed by atoms with Crippen LogP contribution in [0.5, 0.6) is 0 Å². The van der Waals surface area contributed by atoms with E-state index in [0.29, 0.717) is 5.56 Å². The molecule has 0 bridgehead atoms. The van der Waals surface area contributed by atoms with Crippen molar-refractivity contribution < 1.29 is 19.1 Å². The number of hydrogen-bond acceptors (Lipinski definition) is 5. The lowest BCUT2D eigenvalue weighted by atomic mass is 9.96. The fraction of sp³-hybridized carbons (Fsp3) is 0.429. The number of nitrogens with zero attached hydrogens (tertiary/aromatic N) is 2. The number of rotatable bonds is 5. The third-order valence-electron chi connectivity index (χ3n) is 5.01. The summed E-state index contributed by atoms with van der Waals surface area (Å²) in [5, 5.41) is 9.25. The highest BCUT2D eigenvalue weighted by molar-refractivity contribution is 5.98. The zero-order valence-corrected chi connectivity index (χ0v) is 16.7. The third-order valence-corrected chi connectivity index (χ3v) is 5.01. The molecule has 0 spiro atoms. The van der Waals surface area contributed by atoms with Crippen LogP contribution in [0.25, 0.3) is 5.69 Å². The summed E-state index contributed by atoms with van der Waals surface area (Å²) in [4.78, 5) is 36.4. The Labute approximate surface area is 169 Å². The molecule has 0 unspecified atom stereocenters. The lowest BCUT2D eigenvalue weighted by Crippen LogP contribution is -2.48. The van der Waals surface area contributed by atoms with Crippen molar-refractivity contribution in [1.82, 2.24) is 20.4 Å². The molecule has 3 amide bonds. The van der Waals surface area contributed by atoms with Crippen molar-refractivity contribution in [3.05, 3.63) is 47.8 Å². The summed E-state index contributed by atoms with van der Waals surface area (Å²) in [7, 11) is 0. The van der Waals surface area contributed by atoms with Gasteiger partial charge in [0, 0.05) is 17.9 Å². The number of urea groups is 1. The van der Waals surface area contributed by atoms with Gasteiger partial charge in [-0.15, -0.1) is 0 Å². The first kappa shape index (κ1) is 20.6. The number of hydrogen-bond donors (Lipinski definition) is 2. The summed E-state index contributed by atoms with van der Waals surface area (Å²) < 4.78 is 6.94. The molecule has 8 nitrogen and oxygen atoms in total. The first-order chi connectivity index (χ1) is 13.9. The Bertz CT molecular complexity index is 869. The first-order valence-electron chi connectivity index (χ1n) is 9.87. The molecule has 1 heterocycles. The lowest BCUT2D eigenvalue weighted by molar-refractivity contribution is -0.127. The van der Waals surface area contributed by atoms with Gasteiger partial charge in [0.05, 0.1) is 11.3 Å². The highest BCUT2D eigenvalue weighted by Gasteiger charge is 2.22. The number of aryl methyl sites for hydroxylation is 1. The smallest absolute Gasteiger partial charge is 0.338 e. The van der Waals surface area contributed by atoms with E-state index in [4.69, 9.17) is 4.74 Å². The van der Waals surface area contributed by atoms with Gasteiger partial charge in [0.1, 0.15) is 0 Å². The second kappa shape index (κ2) is 9.36. The first-order valence-corrected chi connectivity index (χ1v) is 9.87. The summed E-state index contributed by atoms with van der Waals surface area (Å²) in [6.07, 6.45) is 5.77. The zero-order valence-electron chi connectivity index (χ0n) is 16.7. The van der Waals surface area contributed by atoms with Crippen LogP contribution in [0.15, 0.2) is 36.5 Å². The molecular weight excluding hydrogens is 372 g/mol.